The molecule has 29 heavy (non-hydrogen) atoms. The topological polar surface area (TPSA) is 72.9 Å². The first-order valence-corrected chi connectivity index (χ1v) is 10.8. The molecule has 0 radical (unpaired) electrons. The van der Waals surface area contributed by atoms with E-state index in [4.69, 9.17) is 0 Å². The SMILES string of the molecule is CN(C)CCNc1c(F)cccc1C1S[C@H](CC(=O)O)C(=O)N1CCC(C)(C)C. The highest BCUT2D eigenvalue weighted by molar-refractivity contribution is 8.01. The zero-order valence-electron chi connectivity index (χ0n) is 17.9. The summed E-state index contributed by atoms with van der Waals surface area (Å²) in [6, 6.07) is 4.86. The smallest absolute Gasteiger partial charge is 0.305 e. The van der Waals surface area contributed by atoms with Crippen LogP contribution in [0.1, 0.15) is 44.6 Å². The monoisotopic (exact) mass is 425 g/mol. The molecule has 2 rings (SSSR count). The number of benzene rings is 1. The molecule has 1 amide bonds. The summed E-state index contributed by atoms with van der Waals surface area (Å²) in [7, 11) is 3.89. The van der Waals surface area contributed by atoms with E-state index in [1.54, 1.807) is 11.0 Å². The zero-order chi connectivity index (χ0) is 21.8. The molecule has 1 aliphatic heterocycles. The van der Waals surface area contributed by atoms with Crippen molar-refractivity contribution in [2.24, 2.45) is 5.41 Å². The number of carboxylic acids is 1. The minimum absolute atomic E-state index is 0.0229. The second kappa shape index (κ2) is 9.80. The van der Waals surface area contributed by atoms with Crippen LogP contribution in [0.4, 0.5) is 10.1 Å². The van der Waals surface area contributed by atoms with Crippen LogP contribution >= 0.6 is 11.8 Å². The maximum Gasteiger partial charge on any atom is 0.305 e. The minimum atomic E-state index is -1.00. The molecular formula is C21H32FN3O3S. The van der Waals surface area contributed by atoms with Crippen molar-refractivity contribution < 1.29 is 19.1 Å². The van der Waals surface area contributed by atoms with E-state index in [-0.39, 0.29) is 23.6 Å². The molecule has 1 aromatic carbocycles. The number of hydrogen-bond acceptors (Lipinski definition) is 5. The number of thioether (sulfide) groups is 1. The summed E-state index contributed by atoms with van der Waals surface area (Å²) in [5.41, 5.74) is 1.09. The Morgan fingerprint density at radius 1 is 1.34 bits per heavy atom. The number of carboxylic acid groups (broad SMARTS) is 1. The number of amides is 1. The Labute approximate surface area is 176 Å². The molecule has 0 saturated carbocycles. The maximum atomic E-state index is 14.7. The number of para-hydroxylation sites is 1. The predicted octanol–water partition coefficient (Wildman–Crippen LogP) is 3.65. The van der Waals surface area contributed by atoms with E-state index in [2.05, 4.69) is 26.1 Å². The first-order valence-electron chi connectivity index (χ1n) is 9.84. The van der Waals surface area contributed by atoms with Crippen LogP contribution in [0.25, 0.3) is 0 Å². The fourth-order valence-electron chi connectivity index (χ4n) is 3.14. The summed E-state index contributed by atoms with van der Waals surface area (Å²) < 4.78 is 14.7. The summed E-state index contributed by atoms with van der Waals surface area (Å²) in [6.07, 6.45) is 0.541. The quantitative estimate of drug-likeness (QED) is 0.629. The van der Waals surface area contributed by atoms with Gasteiger partial charge >= 0.3 is 5.97 Å². The largest absolute Gasteiger partial charge is 0.481 e. The van der Waals surface area contributed by atoms with E-state index < -0.39 is 16.6 Å². The molecular weight excluding hydrogens is 393 g/mol. The van der Waals surface area contributed by atoms with E-state index in [9.17, 15) is 19.1 Å². The third-order valence-corrected chi connectivity index (χ3v) is 6.23. The van der Waals surface area contributed by atoms with Gasteiger partial charge in [-0.25, -0.2) is 4.39 Å². The van der Waals surface area contributed by atoms with Crippen LogP contribution in [-0.4, -0.2) is 65.8 Å². The van der Waals surface area contributed by atoms with Gasteiger partial charge in [0.1, 0.15) is 11.2 Å². The first kappa shape index (κ1) is 23.5. The van der Waals surface area contributed by atoms with Crippen LogP contribution in [0, 0.1) is 11.2 Å². The van der Waals surface area contributed by atoms with Gasteiger partial charge in [0.15, 0.2) is 0 Å². The van der Waals surface area contributed by atoms with E-state index in [0.29, 0.717) is 24.3 Å². The zero-order valence-corrected chi connectivity index (χ0v) is 18.7. The molecule has 0 bridgehead atoms. The number of likely N-dealkylation sites (N-methyl/N-ethyl adjacent to an activating group) is 1. The van der Waals surface area contributed by atoms with Gasteiger partial charge in [0, 0.05) is 25.2 Å². The van der Waals surface area contributed by atoms with Gasteiger partial charge in [-0.2, -0.15) is 0 Å². The summed E-state index contributed by atoms with van der Waals surface area (Å²) in [4.78, 5) is 27.9. The number of aliphatic carboxylic acids is 1. The molecule has 1 saturated heterocycles. The Bertz CT molecular complexity index is 736. The van der Waals surface area contributed by atoms with Gasteiger partial charge < -0.3 is 20.2 Å². The summed E-state index contributed by atoms with van der Waals surface area (Å²) >= 11 is 1.30. The van der Waals surface area contributed by atoms with Gasteiger partial charge in [-0.15, -0.1) is 11.8 Å². The number of nitrogens with one attached hydrogen (secondary N) is 1. The molecule has 0 aliphatic carbocycles. The Morgan fingerprint density at radius 3 is 2.62 bits per heavy atom. The second-order valence-corrected chi connectivity index (χ2v) is 10.1. The molecule has 0 aromatic heterocycles. The summed E-state index contributed by atoms with van der Waals surface area (Å²) in [6.45, 7) is 8.10. The molecule has 0 spiro atoms. The van der Waals surface area contributed by atoms with Crippen molar-refractivity contribution in [3.05, 3.63) is 29.6 Å². The molecule has 1 fully saturated rings. The van der Waals surface area contributed by atoms with Gasteiger partial charge in [0.25, 0.3) is 0 Å². The van der Waals surface area contributed by atoms with Crippen molar-refractivity contribution in [3.8, 4) is 0 Å². The first-order chi connectivity index (χ1) is 13.5. The van der Waals surface area contributed by atoms with E-state index >= 15 is 0 Å². The molecule has 1 unspecified atom stereocenters. The standard InChI is InChI=1S/C21H32FN3O3S/c1-21(2,3)9-11-25-19(28)16(13-17(26)27)29-20(25)14-7-6-8-15(22)18(14)23-10-12-24(4)5/h6-8,16,20,23H,9-13H2,1-5H3,(H,26,27)/t16-,20?/m1/s1. The van der Waals surface area contributed by atoms with Crippen LogP contribution < -0.4 is 5.32 Å². The summed E-state index contributed by atoms with van der Waals surface area (Å²) in [5, 5.41) is 11.3. The number of carbonyl (C=O) groups is 2. The Morgan fingerprint density at radius 2 is 2.03 bits per heavy atom. The molecule has 2 atom stereocenters. The average molecular weight is 426 g/mol. The van der Waals surface area contributed by atoms with Crippen molar-refractivity contribution in [1.82, 2.24) is 9.80 Å². The van der Waals surface area contributed by atoms with Crippen LogP contribution in [0.2, 0.25) is 0 Å². The van der Waals surface area contributed by atoms with Gasteiger partial charge in [-0.05, 0) is 32.0 Å². The number of rotatable bonds is 9. The fraction of sp³-hybridized carbons (Fsp3) is 0.619. The lowest BCUT2D eigenvalue weighted by atomic mass is 9.92. The molecule has 1 aliphatic rings. The minimum Gasteiger partial charge on any atom is -0.481 e. The molecule has 2 N–H and O–H groups in total. The highest BCUT2D eigenvalue weighted by Crippen LogP contribution is 2.47. The lowest BCUT2D eigenvalue weighted by Gasteiger charge is -2.29. The fourth-order valence-corrected chi connectivity index (χ4v) is 4.64. The summed E-state index contributed by atoms with van der Waals surface area (Å²) in [5.74, 6) is -1.56. The average Bonchev–Trinajstić information content (AvgIpc) is 2.88. The van der Waals surface area contributed by atoms with Gasteiger partial charge in [0.2, 0.25) is 5.91 Å². The van der Waals surface area contributed by atoms with Crippen LogP contribution in [-0.2, 0) is 9.59 Å². The van der Waals surface area contributed by atoms with E-state index in [0.717, 1.165) is 13.0 Å². The Kier molecular flexibility index (Phi) is 7.94. The normalized spacial score (nSPS) is 19.8. The van der Waals surface area contributed by atoms with E-state index in [1.807, 2.05) is 25.1 Å². The Balaban J connectivity index is 2.33. The van der Waals surface area contributed by atoms with Crippen molar-refractivity contribution in [2.75, 3.05) is 39.0 Å². The Hall–Kier alpha value is -1.80. The van der Waals surface area contributed by atoms with Gasteiger partial charge in [0.05, 0.1) is 17.4 Å². The third-order valence-electron chi connectivity index (χ3n) is 4.77. The van der Waals surface area contributed by atoms with Crippen LogP contribution in [0.5, 0.6) is 0 Å². The maximum absolute atomic E-state index is 14.7. The number of nitrogens with zero attached hydrogens (tertiary/aromatic N) is 2. The van der Waals surface area contributed by atoms with E-state index in [1.165, 1.54) is 17.8 Å². The predicted molar refractivity (Wildman–Crippen MR) is 116 cm³/mol. The van der Waals surface area contributed by atoms with Crippen molar-refractivity contribution in [2.45, 2.75) is 44.2 Å². The number of halogens is 1. The lowest BCUT2D eigenvalue weighted by Crippen LogP contribution is -2.34. The molecule has 8 heteroatoms. The van der Waals surface area contributed by atoms with Gasteiger partial charge in [-0.1, -0.05) is 32.9 Å². The highest BCUT2D eigenvalue weighted by atomic mass is 32.2. The van der Waals surface area contributed by atoms with Crippen molar-refractivity contribution in [1.29, 1.82) is 0 Å². The lowest BCUT2D eigenvalue weighted by molar-refractivity contribution is -0.140. The second-order valence-electron chi connectivity index (χ2n) is 8.85. The third kappa shape index (κ3) is 6.60. The molecule has 6 nitrogen and oxygen atoms in total. The number of anilines is 1. The molecule has 1 aromatic rings. The van der Waals surface area contributed by atoms with Crippen LogP contribution in [0.3, 0.4) is 0 Å². The van der Waals surface area contributed by atoms with Gasteiger partial charge in [-0.3, -0.25) is 9.59 Å². The number of hydrogen-bond donors (Lipinski definition) is 2. The molecule has 162 valence electrons. The molecule has 1 heterocycles. The van der Waals surface area contributed by atoms with Crippen molar-refractivity contribution in [3.63, 3.8) is 0 Å². The highest BCUT2D eigenvalue weighted by Gasteiger charge is 2.43. The van der Waals surface area contributed by atoms with Crippen molar-refractivity contribution >= 4 is 29.3 Å². The van der Waals surface area contributed by atoms with Crippen LogP contribution in [0.15, 0.2) is 18.2 Å². The number of carbonyl (C=O) groups excluding carboxylic acids is 1.